The van der Waals surface area contributed by atoms with Crippen LogP contribution in [-0.4, -0.2) is 82.8 Å². The maximum atomic E-state index is 13.5. The molecule has 0 bridgehead atoms. The second-order valence-corrected chi connectivity index (χ2v) is 9.39. The number of carboxylic acid groups (broad SMARTS) is 1. The number of nitrogens with zero attached hydrogens (tertiary/aromatic N) is 2. The van der Waals surface area contributed by atoms with Crippen molar-refractivity contribution in [3.8, 4) is 5.75 Å². The summed E-state index contributed by atoms with van der Waals surface area (Å²) in [6.45, 7) is 0.203. The zero-order chi connectivity index (χ0) is 27.3. The van der Waals surface area contributed by atoms with E-state index < -0.39 is 47.7 Å². The van der Waals surface area contributed by atoms with E-state index in [1.54, 1.807) is 0 Å². The van der Waals surface area contributed by atoms with Crippen molar-refractivity contribution in [2.75, 3.05) is 13.7 Å². The predicted octanol–water partition coefficient (Wildman–Crippen LogP) is 1.18. The van der Waals surface area contributed by atoms with E-state index in [1.807, 2.05) is 0 Å². The minimum atomic E-state index is -1.14. The molecule has 14 heteroatoms. The van der Waals surface area contributed by atoms with Crippen molar-refractivity contribution in [3.63, 3.8) is 0 Å². The molecule has 0 aliphatic carbocycles. The number of methoxy groups -OCH3 is 1. The molecule has 200 valence electrons. The maximum absolute atomic E-state index is 13.5. The highest BCUT2D eigenvalue weighted by Crippen LogP contribution is 2.34. The van der Waals surface area contributed by atoms with Gasteiger partial charge in [-0.25, -0.2) is 5.01 Å². The lowest BCUT2D eigenvalue weighted by atomic mass is 10.0. The molecule has 4 amide bonds. The van der Waals surface area contributed by atoms with E-state index >= 15 is 0 Å². The highest BCUT2D eigenvalue weighted by molar-refractivity contribution is 6.37. The molecule has 2 aliphatic rings. The number of carbonyl (C=O) groups excluding carboxylic acids is 5. The van der Waals surface area contributed by atoms with E-state index in [-0.39, 0.29) is 60.0 Å². The van der Waals surface area contributed by atoms with Gasteiger partial charge in [0.1, 0.15) is 18.4 Å². The van der Waals surface area contributed by atoms with Crippen LogP contribution < -0.4 is 15.4 Å². The van der Waals surface area contributed by atoms with E-state index in [0.29, 0.717) is 12.7 Å². The zero-order valence-corrected chi connectivity index (χ0v) is 21.4. The van der Waals surface area contributed by atoms with Crippen molar-refractivity contribution in [2.45, 2.75) is 56.7 Å². The molecule has 0 saturated carbocycles. The van der Waals surface area contributed by atoms with Crippen LogP contribution in [-0.2, 0) is 24.0 Å². The van der Waals surface area contributed by atoms with E-state index in [9.17, 15) is 28.8 Å². The lowest BCUT2D eigenvalue weighted by molar-refractivity contribution is -0.176. The number of aldehydes is 1. The van der Waals surface area contributed by atoms with Gasteiger partial charge in [-0.05, 0) is 37.8 Å². The number of carbonyl (C=O) groups is 6. The number of rotatable bonds is 9. The van der Waals surface area contributed by atoms with Crippen LogP contribution in [0.4, 0.5) is 0 Å². The van der Waals surface area contributed by atoms with Crippen molar-refractivity contribution in [1.29, 1.82) is 0 Å². The Morgan fingerprint density at radius 3 is 2.49 bits per heavy atom. The molecule has 2 aliphatic heterocycles. The number of hydrogen-bond acceptors (Lipinski definition) is 7. The van der Waals surface area contributed by atoms with Gasteiger partial charge in [0.05, 0.1) is 23.2 Å². The molecule has 3 N–H and O–H groups in total. The summed E-state index contributed by atoms with van der Waals surface area (Å²) in [5.74, 6) is -3.37. The molecule has 1 aromatic carbocycles. The largest absolute Gasteiger partial charge is 0.494 e. The first-order valence-corrected chi connectivity index (χ1v) is 12.3. The standard InChI is InChI=1S/C23H26Cl2N4O8/c1-37-20-14(24)9-12(10-15(20)25)21(34)27-16-5-6-18(31)28-8-2-3-17(29(28)23(16)36)22(35)26-13(11-30)4-7-19(32)33/h9-11,13,16-17H,2-8H2,1H3,(H,26,35)(H,27,34)(H,32,33)/t13-,16-,17-/m0/s1. The number of hydrogen-bond donors (Lipinski definition) is 3. The van der Waals surface area contributed by atoms with Gasteiger partial charge in [-0.1, -0.05) is 23.2 Å². The molecule has 0 spiro atoms. The first-order chi connectivity index (χ1) is 17.6. The molecule has 37 heavy (non-hydrogen) atoms. The summed E-state index contributed by atoms with van der Waals surface area (Å²) in [5.41, 5.74) is 0.0659. The fraction of sp³-hybridized carbons (Fsp3) is 0.478. The first kappa shape index (κ1) is 28.2. The summed E-state index contributed by atoms with van der Waals surface area (Å²) in [6, 6.07) is -0.678. The second kappa shape index (κ2) is 12.2. The number of nitrogens with one attached hydrogen (secondary N) is 2. The van der Waals surface area contributed by atoms with Gasteiger partial charge in [-0.15, -0.1) is 0 Å². The van der Waals surface area contributed by atoms with E-state index in [4.69, 9.17) is 33.0 Å². The minimum absolute atomic E-state index is 0.00204. The Hall–Kier alpha value is -3.38. The normalized spacial score (nSPS) is 20.4. The van der Waals surface area contributed by atoms with Gasteiger partial charge >= 0.3 is 5.97 Å². The second-order valence-electron chi connectivity index (χ2n) is 8.58. The zero-order valence-electron chi connectivity index (χ0n) is 19.9. The third kappa shape index (κ3) is 6.50. The molecule has 0 radical (unpaired) electrons. The summed E-state index contributed by atoms with van der Waals surface area (Å²) in [7, 11) is 1.37. The van der Waals surface area contributed by atoms with Crippen molar-refractivity contribution in [2.24, 2.45) is 0 Å². The van der Waals surface area contributed by atoms with Gasteiger partial charge in [-0.2, -0.15) is 0 Å². The SMILES string of the molecule is COc1c(Cl)cc(C(=O)N[C@H]2CCC(=O)N3CCC[C@@H](C(=O)N[C@H](C=O)CCC(=O)O)N3C2=O)cc1Cl. The molecule has 0 unspecified atom stereocenters. The molecule has 12 nitrogen and oxygen atoms in total. The highest BCUT2D eigenvalue weighted by atomic mass is 35.5. The number of halogens is 2. The lowest BCUT2D eigenvalue weighted by Crippen LogP contribution is -2.64. The van der Waals surface area contributed by atoms with E-state index in [0.717, 1.165) is 5.01 Å². The van der Waals surface area contributed by atoms with Crippen LogP contribution in [0.25, 0.3) is 0 Å². The minimum Gasteiger partial charge on any atom is -0.494 e. The van der Waals surface area contributed by atoms with Gasteiger partial charge in [-0.3, -0.25) is 29.0 Å². The van der Waals surface area contributed by atoms with Gasteiger partial charge in [0.2, 0.25) is 11.8 Å². The van der Waals surface area contributed by atoms with Crippen LogP contribution >= 0.6 is 23.2 Å². The Kier molecular flexibility index (Phi) is 9.33. The van der Waals surface area contributed by atoms with E-state index in [2.05, 4.69) is 10.6 Å². The van der Waals surface area contributed by atoms with Gasteiger partial charge in [0, 0.05) is 24.9 Å². The first-order valence-electron chi connectivity index (χ1n) is 11.5. The van der Waals surface area contributed by atoms with Crippen molar-refractivity contribution in [3.05, 3.63) is 27.7 Å². The molecule has 2 fully saturated rings. The average Bonchev–Trinajstić information content (AvgIpc) is 2.98. The van der Waals surface area contributed by atoms with Crippen LogP contribution in [0.1, 0.15) is 48.9 Å². The molecule has 0 aromatic heterocycles. The van der Waals surface area contributed by atoms with Crippen molar-refractivity contribution >= 4 is 59.1 Å². The van der Waals surface area contributed by atoms with Gasteiger partial charge in [0.25, 0.3) is 11.8 Å². The quantitative estimate of drug-likeness (QED) is 0.381. The molecule has 2 saturated heterocycles. The Balaban J connectivity index is 1.81. The summed E-state index contributed by atoms with van der Waals surface area (Å²) < 4.78 is 5.07. The van der Waals surface area contributed by atoms with Crippen molar-refractivity contribution in [1.82, 2.24) is 20.7 Å². The molecular formula is C23H26Cl2N4O8. The Bertz CT molecular complexity index is 1090. The number of benzene rings is 1. The van der Waals surface area contributed by atoms with E-state index in [1.165, 1.54) is 24.3 Å². The smallest absolute Gasteiger partial charge is 0.303 e. The molecule has 3 rings (SSSR count). The third-order valence-electron chi connectivity index (χ3n) is 6.10. The van der Waals surface area contributed by atoms with Gasteiger partial charge in [0.15, 0.2) is 5.75 Å². The number of fused-ring (bicyclic) bond motifs is 1. The monoisotopic (exact) mass is 556 g/mol. The number of amides is 4. The van der Waals surface area contributed by atoms with Crippen LogP contribution in [0, 0.1) is 0 Å². The Morgan fingerprint density at radius 1 is 1.22 bits per heavy atom. The predicted molar refractivity (Wildman–Crippen MR) is 130 cm³/mol. The maximum Gasteiger partial charge on any atom is 0.303 e. The number of aliphatic carboxylic acids is 1. The Morgan fingerprint density at radius 2 is 1.89 bits per heavy atom. The summed E-state index contributed by atoms with van der Waals surface area (Å²) in [5, 5.41) is 16.3. The molecular weight excluding hydrogens is 531 g/mol. The number of hydrazine groups is 1. The number of ether oxygens (including phenoxy) is 1. The number of carboxylic acids is 1. The topological polar surface area (TPSA) is 162 Å². The van der Waals surface area contributed by atoms with Crippen molar-refractivity contribution < 1.29 is 38.6 Å². The van der Waals surface area contributed by atoms with Crippen LogP contribution in [0.3, 0.4) is 0 Å². The van der Waals surface area contributed by atoms with Crippen LogP contribution in [0.2, 0.25) is 10.0 Å². The summed E-state index contributed by atoms with van der Waals surface area (Å²) >= 11 is 12.2. The lowest BCUT2D eigenvalue weighted by Gasteiger charge is -2.43. The summed E-state index contributed by atoms with van der Waals surface area (Å²) in [6.07, 6.45) is 0.531. The fourth-order valence-corrected chi connectivity index (χ4v) is 4.91. The fourth-order valence-electron chi connectivity index (χ4n) is 4.27. The molecule has 3 atom stereocenters. The third-order valence-corrected chi connectivity index (χ3v) is 6.66. The Labute approximate surface area is 222 Å². The van der Waals surface area contributed by atoms with Gasteiger partial charge < -0.3 is 25.3 Å². The highest BCUT2D eigenvalue weighted by Gasteiger charge is 2.45. The molecule has 1 aromatic rings. The molecule has 2 heterocycles. The average molecular weight is 557 g/mol. The van der Waals surface area contributed by atoms with Crippen LogP contribution in [0.15, 0.2) is 12.1 Å². The summed E-state index contributed by atoms with van der Waals surface area (Å²) in [4.78, 5) is 74.5. The van der Waals surface area contributed by atoms with Crippen LogP contribution in [0.5, 0.6) is 5.75 Å².